The SMILES string of the molecule is C1=COC(Oc2ccccc2)CC1. The molecule has 0 aromatic heterocycles. The van der Waals surface area contributed by atoms with E-state index in [1.807, 2.05) is 36.4 Å². The number of para-hydroxylation sites is 1. The normalized spacial score (nSPS) is 20.8. The van der Waals surface area contributed by atoms with Gasteiger partial charge in [-0.25, -0.2) is 0 Å². The first-order chi connectivity index (χ1) is 6.45. The lowest BCUT2D eigenvalue weighted by Crippen LogP contribution is -2.19. The summed E-state index contributed by atoms with van der Waals surface area (Å²) in [6.45, 7) is 0. The van der Waals surface area contributed by atoms with Crippen LogP contribution in [0.1, 0.15) is 12.8 Å². The maximum atomic E-state index is 5.58. The van der Waals surface area contributed by atoms with Gasteiger partial charge in [0.2, 0.25) is 6.29 Å². The van der Waals surface area contributed by atoms with Gasteiger partial charge in [0, 0.05) is 6.42 Å². The quantitative estimate of drug-likeness (QED) is 0.689. The van der Waals surface area contributed by atoms with E-state index in [0.29, 0.717) is 0 Å². The van der Waals surface area contributed by atoms with Gasteiger partial charge in [0.05, 0.1) is 6.26 Å². The molecule has 0 saturated heterocycles. The second-order valence-electron chi connectivity index (χ2n) is 2.95. The van der Waals surface area contributed by atoms with Crippen molar-refractivity contribution in [2.45, 2.75) is 19.1 Å². The van der Waals surface area contributed by atoms with Gasteiger partial charge in [0.25, 0.3) is 0 Å². The van der Waals surface area contributed by atoms with Crippen molar-refractivity contribution in [3.05, 3.63) is 42.7 Å². The lowest BCUT2D eigenvalue weighted by atomic mass is 10.2. The standard InChI is InChI=1S/C11H12O2/c1-2-6-10(7-3-1)13-11-8-4-5-9-12-11/h1-3,5-7,9,11H,4,8H2. The molecule has 1 atom stereocenters. The third kappa shape index (κ3) is 2.25. The van der Waals surface area contributed by atoms with Gasteiger partial charge in [-0.2, -0.15) is 0 Å². The minimum absolute atomic E-state index is 0.118. The zero-order valence-electron chi connectivity index (χ0n) is 7.35. The van der Waals surface area contributed by atoms with Crippen LogP contribution in [0.3, 0.4) is 0 Å². The highest BCUT2D eigenvalue weighted by Crippen LogP contribution is 2.16. The van der Waals surface area contributed by atoms with Gasteiger partial charge in [0.15, 0.2) is 0 Å². The van der Waals surface area contributed by atoms with Crippen molar-refractivity contribution in [2.24, 2.45) is 0 Å². The Kier molecular flexibility index (Phi) is 2.51. The van der Waals surface area contributed by atoms with Crippen LogP contribution in [0.4, 0.5) is 0 Å². The van der Waals surface area contributed by atoms with Crippen LogP contribution in [-0.4, -0.2) is 6.29 Å². The lowest BCUT2D eigenvalue weighted by molar-refractivity contribution is -0.0415. The van der Waals surface area contributed by atoms with E-state index in [4.69, 9.17) is 9.47 Å². The summed E-state index contributed by atoms with van der Waals surface area (Å²) in [6.07, 6.45) is 5.54. The molecule has 1 aliphatic heterocycles. The van der Waals surface area contributed by atoms with Gasteiger partial charge >= 0.3 is 0 Å². The maximum Gasteiger partial charge on any atom is 0.240 e. The number of benzene rings is 1. The van der Waals surface area contributed by atoms with Crippen molar-refractivity contribution in [2.75, 3.05) is 0 Å². The molecule has 2 rings (SSSR count). The van der Waals surface area contributed by atoms with E-state index in [-0.39, 0.29) is 6.29 Å². The van der Waals surface area contributed by atoms with Crippen LogP contribution in [0, 0.1) is 0 Å². The van der Waals surface area contributed by atoms with Crippen LogP contribution in [0.2, 0.25) is 0 Å². The first-order valence-corrected chi connectivity index (χ1v) is 4.47. The summed E-state index contributed by atoms with van der Waals surface area (Å²) in [5, 5.41) is 0. The molecule has 0 amide bonds. The van der Waals surface area contributed by atoms with Crippen LogP contribution in [0.25, 0.3) is 0 Å². The molecule has 0 fully saturated rings. The van der Waals surface area contributed by atoms with Crippen LogP contribution < -0.4 is 4.74 Å². The Morgan fingerprint density at radius 2 is 2.08 bits per heavy atom. The number of hydrogen-bond acceptors (Lipinski definition) is 2. The molecule has 1 aromatic carbocycles. The first-order valence-electron chi connectivity index (χ1n) is 4.47. The van der Waals surface area contributed by atoms with Gasteiger partial charge in [-0.3, -0.25) is 0 Å². The zero-order chi connectivity index (χ0) is 8.93. The Balaban J connectivity index is 1.94. The van der Waals surface area contributed by atoms with Gasteiger partial charge in [-0.15, -0.1) is 0 Å². The third-order valence-electron chi connectivity index (χ3n) is 1.91. The van der Waals surface area contributed by atoms with Crippen LogP contribution in [0.5, 0.6) is 5.75 Å². The molecule has 13 heavy (non-hydrogen) atoms. The molecule has 1 aromatic rings. The fraction of sp³-hybridized carbons (Fsp3) is 0.273. The van der Waals surface area contributed by atoms with E-state index >= 15 is 0 Å². The molecule has 0 saturated carbocycles. The molecule has 1 heterocycles. The average Bonchev–Trinajstić information content (AvgIpc) is 2.21. The topological polar surface area (TPSA) is 18.5 Å². The fourth-order valence-electron chi connectivity index (χ4n) is 1.25. The molecular formula is C11H12O2. The van der Waals surface area contributed by atoms with Crippen LogP contribution in [-0.2, 0) is 4.74 Å². The monoisotopic (exact) mass is 176 g/mol. The van der Waals surface area contributed by atoms with Crippen LogP contribution >= 0.6 is 0 Å². The predicted molar refractivity (Wildman–Crippen MR) is 50.3 cm³/mol. The van der Waals surface area contributed by atoms with Gasteiger partial charge < -0.3 is 9.47 Å². The molecule has 2 nitrogen and oxygen atoms in total. The maximum absolute atomic E-state index is 5.58. The van der Waals surface area contributed by atoms with Crippen molar-refractivity contribution >= 4 is 0 Å². The summed E-state index contributed by atoms with van der Waals surface area (Å²) in [5.41, 5.74) is 0. The highest BCUT2D eigenvalue weighted by Gasteiger charge is 2.11. The lowest BCUT2D eigenvalue weighted by Gasteiger charge is -2.20. The summed E-state index contributed by atoms with van der Waals surface area (Å²) >= 11 is 0. The second-order valence-corrected chi connectivity index (χ2v) is 2.95. The molecule has 1 aliphatic rings. The van der Waals surface area contributed by atoms with Crippen LogP contribution in [0.15, 0.2) is 42.7 Å². The van der Waals surface area contributed by atoms with E-state index in [2.05, 4.69) is 0 Å². The largest absolute Gasteiger partial charge is 0.463 e. The molecule has 0 N–H and O–H groups in total. The van der Waals surface area contributed by atoms with Gasteiger partial charge in [-0.1, -0.05) is 18.2 Å². The Hall–Kier alpha value is -1.44. The van der Waals surface area contributed by atoms with Crippen molar-refractivity contribution in [3.8, 4) is 5.75 Å². The molecule has 0 spiro atoms. The van der Waals surface area contributed by atoms with Gasteiger partial charge in [0.1, 0.15) is 5.75 Å². The number of ether oxygens (including phenoxy) is 2. The van der Waals surface area contributed by atoms with Gasteiger partial charge in [-0.05, 0) is 24.6 Å². The Bertz CT molecular complexity index is 279. The van der Waals surface area contributed by atoms with Crippen molar-refractivity contribution < 1.29 is 9.47 Å². The highest BCUT2D eigenvalue weighted by atomic mass is 16.7. The Morgan fingerprint density at radius 3 is 2.77 bits per heavy atom. The summed E-state index contributed by atoms with van der Waals surface area (Å²) < 4.78 is 10.9. The molecule has 0 aliphatic carbocycles. The number of hydrogen-bond donors (Lipinski definition) is 0. The Morgan fingerprint density at radius 1 is 1.23 bits per heavy atom. The second kappa shape index (κ2) is 3.99. The summed E-state index contributed by atoms with van der Waals surface area (Å²) in [6, 6.07) is 9.74. The van der Waals surface area contributed by atoms with E-state index in [0.717, 1.165) is 18.6 Å². The minimum atomic E-state index is -0.118. The highest BCUT2D eigenvalue weighted by molar-refractivity contribution is 5.21. The molecule has 0 radical (unpaired) electrons. The Labute approximate surface area is 77.8 Å². The summed E-state index contributed by atoms with van der Waals surface area (Å²) in [5.74, 6) is 0.864. The summed E-state index contributed by atoms with van der Waals surface area (Å²) in [7, 11) is 0. The fourth-order valence-corrected chi connectivity index (χ4v) is 1.25. The smallest absolute Gasteiger partial charge is 0.240 e. The van der Waals surface area contributed by atoms with E-state index in [9.17, 15) is 0 Å². The zero-order valence-corrected chi connectivity index (χ0v) is 7.35. The molecular weight excluding hydrogens is 164 g/mol. The molecule has 1 unspecified atom stereocenters. The first kappa shape index (κ1) is 8.17. The van der Waals surface area contributed by atoms with E-state index in [1.165, 1.54) is 0 Å². The minimum Gasteiger partial charge on any atom is -0.463 e. The van der Waals surface area contributed by atoms with Crippen molar-refractivity contribution in [1.82, 2.24) is 0 Å². The summed E-state index contributed by atoms with van der Waals surface area (Å²) in [4.78, 5) is 0. The predicted octanol–water partition coefficient (Wildman–Crippen LogP) is 2.72. The molecule has 0 bridgehead atoms. The van der Waals surface area contributed by atoms with Crippen molar-refractivity contribution in [3.63, 3.8) is 0 Å². The average molecular weight is 176 g/mol. The molecule has 2 heteroatoms. The number of rotatable bonds is 2. The number of allylic oxidation sites excluding steroid dienone is 1. The van der Waals surface area contributed by atoms with Crippen molar-refractivity contribution in [1.29, 1.82) is 0 Å². The molecule has 68 valence electrons. The van der Waals surface area contributed by atoms with E-state index < -0.39 is 0 Å². The van der Waals surface area contributed by atoms with E-state index in [1.54, 1.807) is 6.26 Å². The third-order valence-corrected chi connectivity index (χ3v) is 1.91.